The molecule has 0 saturated heterocycles. The summed E-state index contributed by atoms with van der Waals surface area (Å²) in [6.45, 7) is 5.09. The lowest BCUT2D eigenvalue weighted by molar-refractivity contribution is 0.0928. The number of carbonyl (C=O) groups excluding carboxylic acids is 1. The minimum atomic E-state index is -0.146. The van der Waals surface area contributed by atoms with Crippen molar-refractivity contribution in [1.29, 1.82) is 0 Å². The maximum atomic E-state index is 12.9. The van der Waals surface area contributed by atoms with Gasteiger partial charge in [-0.25, -0.2) is 0 Å². The molecule has 1 aliphatic rings. The van der Waals surface area contributed by atoms with E-state index in [1.54, 1.807) is 29.4 Å². The van der Waals surface area contributed by atoms with Crippen molar-refractivity contribution in [1.82, 2.24) is 24.6 Å². The van der Waals surface area contributed by atoms with Crippen molar-refractivity contribution in [2.45, 2.75) is 39.3 Å². The van der Waals surface area contributed by atoms with E-state index >= 15 is 0 Å². The number of hydrogen-bond acceptors (Lipinski definition) is 3. The van der Waals surface area contributed by atoms with Gasteiger partial charge in [-0.2, -0.15) is 0 Å². The third-order valence-electron chi connectivity index (χ3n) is 6.65. The zero-order chi connectivity index (χ0) is 25.1. The van der Waals surface area contributed by atoms with E-state index in [4.69, 9.17) is 11.6 Å². The standard InChI is InChI=1S/C23H22ClN5O.C6H6/c1-14-3-7-22-19(9-14)15(2)21-8-4-16(11-29(21)22)27-23(30)18-6-5-17(10-20(18)24)28-12-25-26-13-28;1-2-4-6-5-3-1/h3,5-7,9-10,12-13,16H,4,8,11H2,1-2H3,(H,27,30);1-6H. The zero-order valence-corrected chi connectivity index (χ0v) is 21.1. The Morgan fingerprint density at radius 3 is 2.33 bits per heavy atom. The number of rotatable bonds is 3. The van der Waals surface area contributed by atoms with E-state index in [9.17, 15) is 4.79 Å². The normalized spacial score (nSPS) is 14.6. The van der Waals surface area contributed by atoms with Crippen LogP contribution >= 0.6 is 11.6 Å². The summed E-state index contributed by atoms with van der Waals surface area (Å²) in [4.78, 5) is 12.9. The summed E-state index contributed by atoms with van der Waals surface area (Å²) in [6, 6.07) is 24.0. The fourth-order valence-corrected chi connectivity index (χ4v) is 5.05. The average molecular weight is 498 g/mol. The molecule has 5 aromatic rings. The van der Waals surface area contributed by atoms with E-state index in [0.717, 1.165) is 25.1 Å². The van der Waals surface area contributed by atoms with E-state index in [2.05, 4.69) is 52.1 Å². The molecule has 7 heteroatoms. The van der Waals surface area contributed by atoms with Gasteiger partial charge in [0.25, 0.3) is 5.91 Å². The molecule has 0 saturated carbocycles. The van der Waals surface area contributed by atoms with Crippen molar-refractivity contribution in [3.05, 3.63) is 113 Å². The second kappa shape index (κ2) is 10.4. The number of hydrogen-bond donors (Lipinski definition) is 1. The number of aryl methyl sites for hydroxylation is 2. The monoisotopic (exact) mass is 497 g/mol. The van der Waals surface area contributed by atoms with Crippen LogP contribution in [0.1, 0.15) is 33.6 Å². The molecule has 3 aromatic carbocycles. The summed E-state index contributed by atoms with van der Waals surface area (Å²) in [7, 11) is 0. The van der Waals surface area contributed by atoms with Crippen LogP contribution < -0.4 is 5.32 Å². The third kappa shape index (κ3) is 4.90. The highest BCUT2D eigenvalue weighted by molar-refractivity contribution is 6.34. The van der Waals surface area contributed by atoms with Gasteiger partial charge in [0.05, 0.1) is 10.6 Å². The molecule has 182 valence electrons. The molecule has 0 aliphatic carbocycles. The average Bonchev–Trinajstić information content (AvgIpc) is 3.53. The number of amides is 1. The minimum Gasteiger partial charge on any atom is -0.347 e. The Balaban J connectivity index is 0.000000391. The van der Waals surface area contributed by atoms with Gasteiger partial charge in [0.2, 0.25) is 0 Å². The van der Waals surface area contributed by atoms with Gasteiger partial charge in [0.15, 0.2) is 0 Å². The molecule has 6 nitrogen and oxygen atoms in total. The summed E-state index contributed by atoms with van der Waals surface area (Å²) in [5.74, 6) is -0.146. The lowest BCUT2D eigenvalue weighted by Gasteiger charge is -2.27. The summed E-state index contributed by atoms with van der Waals surface area (Å²) in [5, 5.41) is 12.5. The van der Waals surface area contributed by atoms with Crippen LogP contribution in [0.3, 0.4) is 0 Å². The lowest BCUT2D eigenvalue weighted by atomic mass is 10.0. The van der Waals surface area contributed by atoms with Gasteiger partial charge in [-0.05, 0) is 62.6 Å². The van der Waals surface area contributed by atoms with Crippen LogP contribution in [0.5, 0.6) is 0 Å². The summed E-state index contributed by atoms with van der Waals surface area (Å²) < 4.78 is 4.10. The minimum absolute atomic E-state index is 0.0647. The van der Waals surface area contributed by atoms with Crippen molar-refractivity contribution in [3.8, 4) is 5.69 Å². The molecular weight excluding hydrogens is 470 g/mol. The maximum Gasteiger partial charge on any atom is 0.253 e. The molecule has 2 aromatic heterocycles. The Kier molecular flexibility index (Phi) is 6.87. The number of fused-ring (bicyclic) bond motifs is 3. The van der Waals surface area contributed by atoms with Crippen molar-refractivity contribution in [2.24, 2.45) is 0 Å². The largest absolute Gasteiger partial charge is 0.347 e. The molecule has 1 N–H and O–H groups in total. The molecule has 1 atom stereocenters. The molecule has 0 fully saturated rings. The van der Waals surface area contributed by atoms with Crippen LogP contribution in [0.2, 0.25) is 5.02 Å². The van der Waals surface area contributed by atoms with Crippen molar-refractivity contribution in [2.75, 3.05) is 0 Å². The van der Waals surface area contributed by atoms with Crippen molar-refractivity contribution in [3.63, 3.8) is 0 Å². The van der Waals surface area contributed by atoms with E-state index in [1.165, 1.54) is 27.7 Å². The molecule has 3 heterocycles. The fraction of sp³-hybridized carbons (Fsp3) is 0.207. The summed E-state index contributed by atoms with van der Waals surface area (Å²) >= 11 is 6.42. The van der Waals surface area contributed by atoms with Gasteiger partial charge >= 0.3 is 0 Å². The predicted octanol–water partition coefficient (Wildman–Crippen LogP) is 5.92. The summed E-state index contributed by atoms with van der Waals surface area (Å²) in [5.41, 5.74) is 6.52. The van der Waals surface area contributed by atoms with Crippen LogP contribution in [0, 0.1) is 13.8 Å². The number of nitrogens with one attached hydrogen (secondary N) is 1. The summed E-state index contributed by atoms with van der Waals surface area (Å²) in [6.07, 6.45) is 5.05. The molecule has 6 rings (SSSR count). The fourth-order valence-electron chi connectivity index (χ4n) is 4.79. The van der Waals surface area contributed by atoms with Crippen LogP contribution in [-0.4, -0.2) is 31.3 Å². The van der Waals surface area contributed by atoms with Crippen molar-refractivity contribution < 1.29 is 4.79 Å². The van der Waals surface area contributed by atoms with Crippen molar-refractivity contribution >= 4 is 28.4 Å². The Morgan fingerprint density at radius 2 is 1.67 bits per heavy atom. The molecule has 1 aliphatic heterocycles. The first-order valence-electron chi connectivity index (χ1n) is 12.0. The molecule has 1 amide bonds. The molecular formula is C29H28ClN5O. The Bertz CT molecular complexity index is 1460. The molecule has 36 heavy (non-hydrogen) atoms. The number of halogens is 1. The molecule has 0 bridgehead atoms. The molecule has 1 unspecified atom stereocenters. The lowest BCUT2D eigenvalue weighted by Crippen LogP contribution is -2.41. The molecule has 0 radical (unpaired) electrons. The van der Waals surface area contributed by atoms with E-state index in [-0.39, 0.29) is 11.9 Å². The van der Waals surface area contributed by atoms with Crippen LogP contribution in [-0.2, 0) is 13.0 Å². The first-order chi connectivity index (χ1) is 17.5. The third-order valence-corrected chi connectivity index (χ3v) is 6.97. The van der Waals surface area contributed by atoms with Crippen LogP contribution in [0.25, 0.3) is 16.6 Å². The van der Waals surface area contributed by atoms with Gasteiger partial charge in [-0.3, -0.25) is 9.36 Å². The Labute approximate surface area is 215 Å². The second-order valence-corrected chi connectivity index (χ2v) is 9.51. The highest BCUT2D eigenvalue weighted by atomic mass is 35.5. The van der Waals surface area contributed by atoms with Gasteiger partial charge in [0, 0.05) is 34.9 Å². The van der Waals surface area contributed by atoms with Crippen LogP contribution in [0.4, 0.5) is 0 Å². The number of benzene rings is 3. The van der Waals surface area contributed by atoms with Gasteiger partial charge < -0.3 is 9.88 Å². The number of nitrogens with zero attached hydrogens (tertiary/aromatic N) is 4. The van der Waals surface area contributed by atoms with Gasteiger partial charge in [0.1, 0.15) is 12.7 Å². The highest BCUT2D eigenvalue weighted by Gasteiger charge is 2.25. The van der Waals surface area contributed by atoms with Crippen LogP contribution in [0.15, 0.2) is 85.5 Å². The topological polar surface area (TPSA) is 64.7 Å². The SMILES string of the molecule is Cc1ccc2c(c1)c(C)c1n2CC(NC(=O)c2ccc(-n3cnnc3)cc2Cl)CC1.c1ccccc1. The zero-order valence-electron chi connectivity index (χ0n) is 20.4. The molecule has 0 spiro atoms. The highest BCUT2D eigenvalue weighted by Crippen LogP contribution is 2.31. The Morgan fingerprint density at radius 1 is 0.972 bits per heavy atom. The number of carbonyl (C=O) groups is 1. The first-order valence-corrected chi connectivity index (χ1v) is 12.4. The quantitative estimate of drug-likeness (QED) is 0.336. The first kappa shape index (κ1) is 23.8. The van der Waals surface area contributed by atoms with E-state index < -0.39 is 0 Å². The van der Waals surface area contributed by atoms with Gasteiger partial charge in [-0.1, -0.05) is 59.6 Å². The van der Waals surface area contributed by atoms with Gasteiger partial charge in [-0.15, -0.1) is 10.2 Å². The smallest absolute Gasteiger partial charge is 0.253 e. The number of aromatic nitrogens is 4. The van der Waals surface area contributed by atoms with E-state index in [1.807, 2.05) is 42.5 Å². The Hall–Kier alpha value is -3.90. The second-order valence-electron chi connectivity index (χ2n) is 9.10. The van der Waals surface area contributed by atoms with E-state index in [0.29, 0.717) is 10.6 Å². The predicted molar refractivity (Wildman–Crippen MR) is 144 cm³/mol. The maximum absolute atomic E-state index is 12.9.